The molecule has 0 aliphatic carbocycles. The zero-order chi connectivity index (χ0) is 27.8. The fourth-order valence-electron chi connectivity index (χ4n) is 3.59. The average Bonchev–Trinajstić information content (AvgIpc) is 2.90. The quantitative estimate of drug-likeness (QED) is 0.337. The molecule has 0 fully saturated rings. The van der Waals surface area contributed by atoms with Crippen LogP contribution in [0.2, 0.25) is 0 Å². The summed E-state index contributed by atoms with van der Waals surface area (Å²) in [6.07, 6.45) is 1.63. The van der Waals surface area contributed by atoms with Gasteiger partial charge in [0, 0.05) is 23.9 Å². The summed E-state index contributed by atoms with van der Waals surface area (Å²) in [6, 6.07) is 13.0. The van der Waals surface area contributed by atoms with Crippen LogP contribution in [-0.2, 0) is 22.7 Å². The topological polar surface area (TPSA) is 104 Å². The minimum absolute atomic E-state index is 0.00541. The molecule has 0 saturated carbocycles. The van der Waals surface area contributed by atoms with E-state index in [4.69, 9.17) is 15.2 Å². The Morgan fingerprint density at radius 1 is 1.08 bits per heavy atom. The maximum atomic E-state index is 14.0. The zero-order valence-electron chi connectivity index (χ0n) is 22.6. The fourth-order valence-corrected chi connectivity index (χ4v) is 3.59. The molecular formula is C30H36FN3O4. The largest absolute Gasteiger partial charge is 0.492 e. The molecule has 3 N–H and O–H groups in total. The van der Waals surface area contributed by atoms with Crippen LogP contribution in [0.1, 0.15) is 54.7 Å². The highest BCUT2D eigenvalue weighted by Gasteiger charge is 2.21. The Labute approximate surface area is 223 Å². The van der Waals surface area contributed by atoms with Gasteiger partial charge in [0.05, 0.1) is 17.9 Å². The maximum Gasteiger partial charge on any atom is 0.323 e. The van der Waals surface area contributed by atoms with E-state index in [1.165, 1.54) is 6.07 Å². The van der Waals surface area contributed by atoms with Crippen molar-refractivity contribution in [1.29, 1.82) is 0 Å². The first-order valence-corrected chi connectivity index (χ1v) is 12.7. The van der Waals surface area contributed by atoms with E-state index < -0.39 is 12.0 Å². The summed E-state index contributed by atoms with van der Waals surface area (Å²) >= 11 is 0. The molecule has 0 unspecified atom stereocenters. The molecule has 0 saturated heterocycles. The van der Waals surface area contributed by atoms with Crippen LogP contribution in [0, 0.1) is 24.6 Å². The van der Waals surface area contributed by atoms with Gasteiger partial charge in [-0.05, 0) is 60.2 Å². The third kappa shape index (κ3) is 7.61. The maximum absolute atomic E-state index is 14.0. The van der Waals surface area contributed by atoms with Crippen LogP contribution in [-0.4, -0.2) is 29.5 Å². The van der Waals surface area contributed by atoms with Crippen molar-refractivity contribution in [3.63, 3.8) is 0 Å². The summed E-state index contributed by atoms with van der Waals surface area (Å²) in [4.78, 5) is 30.0. The van der Waals surface area contributed by atoms with Crippen molar-refractivity contribution in [3.8, 4) is 17.0 Å². The molecule has 0 spiro atoms. The van der Waals surface area contributed by atoms with E-state index in [9.17, 15) is 14.0 Å². The SMILES string of the molecule is Cc1ccc(CNC(=O)c2cc(-c3ncccc3COC(=O)[C@H](N)C(C)C)ccc2OCC(C)C)cc1F. The summed E-state index contributed by atoms with van der Waals surface area (Å²) in [7, 11) is 0. The number of pyridine rings is 1. The van der Waals surface area contributed by atoms with Crippen molar-refractivity contribution >= 4 is 11.9 Å². The van der Waals surface area contributed by atoms with Crippen LogP contribution in [0.25, 0.3) is 11.3 Å². The second-order valence-corrected chi connectivity index (χ2v) is 10.1. The van der Waals surface area contributed by atoms with Gasteiger partial charge in [0.2, 0.25) is 0 Å². The number of esters is 1. The zero-order valence-corrected chi connectivity index (χ0v) is 22.6. The minimum Gasteiger partial charge on any atom is -0.492 e. The van der Waals surface area contributed by atoms with E-state index in [-0.39, 0.29) is 36.7 Å². The Bertz CT molecular complexity index is 1280. The molecule has 1 amide bonds. The number of carbonyl (C=O) groups is 2. The van der Waals surface area contributed by atoms with E-state index >= 15 is 0 Å². The number of rotatable bonds is 11. The van der Waals surface area contributed by atoms with Gasteiger partial charge in [-0.25, -0.2) is 4.39 Å². The van der Waals surface area contributed by atoms with Gasteiger partial charge in [-0.15, -0.1) is 0 Å². The summed E-state index contributed by atoms with van der Waals surface area (Å²) in [6.45, 7) is 10.0. The molecule has 202 valence electrons. The number of benzene rings is 2. The number of nitrogens with zero attached hydrogens (tertiary/aromatic N) is 1. The second kappa shape index (κ2) is 13.1. The normalized spacial score (nSPS) is 11.9. The molecule has 3 rings (SSSR count). The number of halogens is 1. The number of aromatic nitrogens is 1. The Kier molecular flexibility index (Phi) is 9.96. The molecule has 8 heteroatoms. The smallest absolute Gasteiger partial charge is 0.323 e. The van der Waals surface area contributed by atoms with Gasteiger partial charge in [-0.2, -0.15) is 0 Å². The standard InChI is InChI=1S/C30H36FN3O4/c1-18(2)16-37-26-11-10-22(14-24(26)29(35)34-15-21-9-8-20(5)25(31)13-21)28-23(7-6-12-33-28)17-38-30(36)27(32)19(3)4/h6-14,18-19,27H,15-17,32H2,1-5H3,(H,34,35)/t27-/m1/s1. The van der Waals surface area contributed by atoms with Crippen molar-refractivity contribution in [2.45, 2.75) is 53.8 Å². The first-order chi connectivity index (χ1) is 18.1. The highest BCUT2D eigenvalue weighted by molar-refractivity contribution is 5.98. The van der Waals surface area contributed by atoms with Crippen LogP contribution in [0.4, 0.5) is 4.39 Å². The summed E-state index contributed by atoms with van der Waals surface area (Å²) in [5.41, 5.74) is 9.33. The fraction of sp³-hybridized carbons (Fsp3) is 0.367. The van der Waals surface area contributed by atoms with Gasteiger partial charge < -0.3 is 20.5 Å². The van der Waals surface area contributed by atoms with Gasteiger partial charge in [0.1, 0.15) is 24.2 Å². The first-order valence-electron chi connectivity index (χ1n) is 12.7. The predicted molar refractivity (Wildman–Crippen MR) is 145 cm³/mol. The minimum atomic E-state index is -0.718. The molecular weight excluding hydrogens is 485 g/mol. The number of amides is 1. The van der Waals surface area contributed by atoms with Crippen molar-refractivity contribution in [1.82, 2.24) is 10.3 Å². The molecule has 1 aromatic heterocycles. The third-order valence-corrected chi connectivity index (χ3v) is 6.01. The molecule has 1 atom stereocenters. The van der Waals surface area contributed by atoms with Gasteiger partial charge in [0.25, 0.3) is 5.91 Å². The summed E-state index contributed by atoms with van der Waals surface area (Å²) < 4.78 is 25.3. The molecule has 3 aromatic rings. The highest BCUT2D eigenvalue weighted by atomic mass is 19.1. The lowest BCUT2D eigenvalue weighted by Gasteiger charge is -2.17. The highest BCUT2D eigenvalue weighted by Crippen LogP contribution is 2.29. The molecule has 0 radical (unpaired) electrons. The molecule has 2 aromatic carbocycles. The first kappa shape index (κ1) is 28.8. The molecule has 1 heterocycles. The van der Waals surface area contributed by atoms with Gasteiger partial charge in [-0.1, -0.05) is 45.9 Å². The Balaban J connectivity index is 1.88. The van der Waals surface area contributed by atoms with E-state index in [2.05, 4.69) is 10.3 Å². The van der Waals surface area contributed by atoms with Crippen molar-refractivity contribution in [2.24, 2.45) is 17.6 Å². The van der Waals surface area contributed by atoms with Crippen molar-refractivity contribution < 1.29 is 23.5 Å². The summed E-state index contributed by atoms with van der Waals surface area (Å²) in [5, 5.41) is 2.86. The van der Waals surface area contributed by atoms with Crippen LogP contribution in [0.5, 0.6) is 5.75 Å². The van der Waals surface area contributed by atoms with E-state index in [0.717, 1.165) is 0 Å². The third-order valence-electron chi connectivity index (χ3n) is 6.01. The molecule has 0 aliphatic rings. The van der Waals surface area contributed by atoms with E-state index in [1.807, 2.05) is 39.8 Å². The van der Waals surface area contributed by atoms with Crippen LogP contribution < -0.4 is 15.8 Å². The lowest BCUT2D eigenvalue weighted by Crippen LogP contribution is -2.36. The molecule has 38 heavy (non-hydrogen) atoms. The lowest BCUT2D eigenvalue weighted by atomic mass is 10.0. The van der Waals surface area contributed by atoms with Crippen molar-refractivity contribution in [3.05, 3.63) is 82.8 Å². The number of carbonyl (C=O) groups excluding carboxylic acids is 2. The Hall–Kier alpha value is -3.78. The van der Waals surface area contributed by atoms with Crippen LogP contribution >= 0.6 is 0 Å². The van der Waals surface area contributed by atoms with Crippen molar-refractivity contribution in [2.75, 3.05) is 6.61 Å². The predicted octanol–water partition coefficient (Wildman–Crippen LogP) is 5.19. The van der Waals surface area contributed by atoms with Gasteiger partial charge >= 0.3 is 5.97 Å². The number of ether oxygens (including phenoxy) is 2. The Morgan fingerprint density at radius 3 is 2.53 bits per heavy atom. The van der Waals surface area contributed by atoms with Gasteiger partial charge in [-0.3, -0.25) is 14.6 Å². The second-order valence-electron chi connectivity index (χ2n) is 10.1. The molecule has 0 bridgehead atoms. The average molecular weight is 522 g/mol. The number of nitrogens with two attached hydrogens (primary N) is 1. The summed E-state index contributed by atoms with van der Waals surface area (Å²) in [5.74, 6) is -0.528. The molecule has 0 aliphatic heterocycles. The number of aryl methyl sites for hydroxylation is 1. The number of hydrogen-bond donors (Lipinski definition) is 2. The molecule has 7 nitrogen and oxygen atoms in total. The Morgan fingerprint density at radius 2 is 1.84 bits per heavy atom. The van der Waals surface area contributed by atoms with E-state index in [0.29, 0.717) is 45.9 Å². The van der Waals surface area contributed by atoms with Crippen LogP contribution in [0.3, 0.4) is 0 Å². The van der Waals surface area contributed by atoms with Gasteiger partial charge in [0.15, 0.2) is 0 Å². The monoisotopic (exact) mass is 521 g/mol. The lowest BCUT2D eigenvalue weighted by molar-refractivity contribution is -0.147. The number of nitrogens with one attached hydrogen (secondary N) is 1. The number of hydrogen-bond acceptors (Lipinski definition) is 6. The van der Waals surface area contributed by atoms with E-state index in [1.54, 1.807) is 43.5 Å². The van der Waals surface area contributed by atoms with Crippen LogP contribution in [0.15, 0.2) is 54.7 Å².